The van der Waals surface area contributed by atoms with Gasteiger partial charge in [-0.25, -0.2) is 23.4 Å². The number of nitrogen functional groups attached to an aromatic ring is 1. The summed E-state index contributed by atoms with van der Waals surface area (Å²) < 4.78 is 60.6. The van der Waals surface area contributed by atoms with Gasteiger partial charge in [0.15, 0.2) is 0 Å². The van der Waals surface area contributed by atoms with Crippen LogP contribution in [0.5, 0.6) is 0 Å². The highest BCUT2D eigenvalue weighted by molar-refractivity contribution is 8.77. The minimum atomic E-state index is -5.78. The second-order valence-corrected chi connectivity index (χ2v) is 16.9. The van der Waals surface area contributed by atoms with Crippen LogP contribution in [0.15, 0.2) is 12.5 Å². The van der Waals surface area contributed by atoms with Crippen molar-refractivity contribution in [2.45, 2.75) is 63.7 Å². The second-order valence-electron chi connectivity index (χ2n) is 9.43. The largest absolute Gasteiger partial charge is 0.756 e. The van der Waals surface area contributed by atoms with E-state index in [-0.39, 0.29) is 22.9 Å². The van der Waals surface area contributed by atoms with Crippen LogP contribution in [0, 0.1) is 11.8 Å². The van der Waals surface area contributed by atoms with Gasteiger partial charge in [0.25, 0.3) is 7.82 Å². The van der Waals surface area contributed by atoms with Gasteiger partial charge in [-0.2, -0.15) is 4.31 Å². The number of nitrogens with two attached hydrogens (primary N) is 1. The summed E-state index contributed by atoms with van der Waals surface area (Å²) >= 11 is 0. The van der Waals surface area contributed by atoms with Crippen molar-refractivity contribution < 1.29 is 55.9 Å². The van der Waals surface area contributed by atoms with Crippen LogP contribution in [0.4, 0.5) is 5.82 Å². The molecule has 0 aliphatic carbocycles. The molecule has 230 valence electrons. The lowest BCUT2D eigenvalue weighted by molar-refractivity contribution is -0.212. The van der Waals surface area contributed by atoms with Crippen LogP contribution in [-0.4, -0.2) is 58.7 Å². The Balaban J connectivity index is 1.82. The Morgan fingerprint density at radius 3 is 2.56 bits per heavy atom. The monoisotopic (exact) mass is 675 g/mol. The van der Waals surface area contributed by atoms with E-state index in [1.54, 1.807) is 21.6 Å². The number of nitrogens with zero attached hydrogens (tertiary/aromatic N) is 3. The van der Waals surface area contributed by atoms with Gasteiger partial charge in [-0.3, -0.25) is 9.09 Å². The Morgan fingerprint density at radius 1 is 1.22 bits per heavy atom. The molecule has 5 N–H and O–H groups in total. The zero-order valence-corrected chi connectivity index (χ0v) is 26.6. The van der Waals surface area contributed by atoms with Crippen molar-refractivity contribution >= 4 is 61.9 Å². The summed E-state index contributed by atoms with van der Waals surface area (Å²) in [5.41, 5.74) is 7.10. The predicted molar refractivity (Wildman–Crippen MR) is 150 cm³/mol. The summed E-state index contributed by atoms with van der Waals surface area (Å²) in [6.45, 7) is 7.31. The summed E-state index contributed by atoms with van der Waals surface area (Å²) in [4.78, 5) is 47.0. The molecule has 1 saturated heterocycles. The van der Waals surface area contributed by atoms with Gasteiger partial charge in [-0.05, 0) is 0 Å². The van der Waals surface area contributed by atoms with Crippen molar-refractivity contribution in [1.29, 1.82) is 0 Å². The van der Waals surface area contributed by atoms with Crippen molar-refractivity contribution in [3.63, 3.8) is 0 Å². The number of ether oxygens (including phenoxy) is 2. The smallest absolute Gasteiger partial charge is 0.487 e. The highest BCUT2D eigenvalue weighted by Crippen LogP contribution is 2.65. The summed E-state index contributed by atoms with van der Waals surface area (Å²) in [5.74, 6) is 6.44. The molecule has 21 heteroatoms. The van der Waals surface area contributed by atoms with Gasteiger partial charge in [0.1, 0.15) is 36.1 Å². The summed E-state index contributed by atoms with van der Waals surface area (Å²) in [6, 6.07) is 0. The zero-order chi connectivity index (χ0) is 30.6. The first-order valence-corrected chi connectivity index (χ1v) is 18.6. The molecule has 0 saturated carbocycles. The van der Waals surface area contributed by atoms with Crippen molar-refractivity contribution in [1.82, 2.24) is 14.5 Å². The molecule has 0 spiro atoms. The third-order valence-corrected chi connectivity index (χ3v) is 11.8. The lowest BCUT2D eigenvalue weighted by atomic mass is 10.2. The van der Waals surface area contributed by atoms with E-state index in [2.05, 4.69) is 30.4 Å². The number of fused-ring (bicyclic) bond motifs is 1. The minimum absolute atomic E-state index is 0.0470. The number of anilines is 1. The first-order valence-electron chi connectivity index (χ1n) is 11.8. The van der Waals surface area contributed by atoms with Gasteiger partial charge < -0.3 is 39.3 Å². The number of rotatable bonds is 12. The third-order valence-electron chi connectivity index (χ3n) is 4.98. The third kappa shape index (κ3) is 10.6. The van der Waals surface area contributed by atoms with Crippen molar-refractivity contribution in [3.05, 3.63) is 18.1 Å². The van der Waals surface area contributed by atoms with Gasteiger partial charge in [-0.1, -0.05) is 61.1 Å². The highest BCUT2D eigenvalue weighted by Gasteiger charge is 2.42. The Hall–Kier alpha value is -0.990. The van der Waals surface area contributed by atoms with E-state index in [9.17, 15) is 28.4 Å². The quantitative estimate of drug-likeness (QED) is 0.0830. The number of phosphoric ester groups is 1. The highest BCUT2D eigenvalue weighted by atomic mass is 33.1. The molecule has 3 heterocycles. The molecule has 0 bridgehead atoms. The lowest BCUT2D eigenvalue weighted by Gasteiger charge is -2.23. The number of phosphoric acid groups is 3. The average molecular weight is 676 g/mol. The fraction of sp³-hybridized carbons (Fsp3) is 0.600. The van der Waals surface area contributed by atoms with E-state index in [1.807, 2.05) is 27.7 Å². The number of hydrogen-bond donors (Lipinski definition) is 4. The fourth-order valence-electron chi connectivity index (χ4n) is 3.59. The van der Waals surface area contributed by atoms with E-state index in [0.717, 1.165) is 0 Å². The van der Waals surface area contributed by atoms with E-state index in [4.69, 9.17) is 24.6 Å². The molecule has 0 aromatic carbocycles. The average Bonchev–Trinajstić information content (AvgIpc) is 3.38. The van der Waals surface area contributed by atoms with Crippen LogP contribution in [-0.2, 0) is 36.3 Å². The Bertz CT molecular complexity index is 1440. The first kappa shape index (κ1) is 34.5. The molecular formula is C20H30N4O12P3S2-. The van der Waals surface area contributed by atoms with Crippen LogP contribution < -0.4 is 10.6 Å². The molecule has 3 rings (SSSR count). The maximum Gasteiger partial charge on any atom is 0.487 e. The molecule has 2 aromatic rings. The van der Waals surface area contributed by atoms with Crippen molar-refractivity contribution in [3.8, 4) is 11.8 Å². The Labute approximate surface area is 243 Å². The standard InChI is InChI=1S/C20H31N4O12P3S2/c1-5-6-7-13-9-24(19-17(13)18(21)22-11-23-19)16-8-14(32-12-40-41-20(2,3)4)15(34-16)10-33-38(28,29)36-39(30,31)35-37(25,26)27/h9,11,14-16H,5,8,10,12H2,1-4H3,(H,28,29)(H,30,31)(H2,21,22,23)(H2,25,26,27)/p-1/t14?,15-,16-/m1/s1. The van der Waals surface area contributed by atoms with Crippen LogP contribution in [0.2, 0.25) is 0 Å². The normalized spacial score (nSPS) is 23.9. The molecular weight excluding hydrogens is 645 g/mol. The van der Waals surface area contributed by atoms with Gasteiger partial charge in [0.2, 0.25) is 0 Å². The van der Waals surface area contributed by atoms with E-state index in [1.165, 1.54) is 17.1 Å². The topological polar surface area (TPSA) is 238 Å². The van der Waals surface area contributed by atoms with Crippen molar-refractivity contribution in [2.75, 3.05) is 18.3 Å². The van der Waals surface area contributed by atoms with Crippen LogP contribution in [0.1, 0.15) is 52.3 Å². The van der Waals surface area contributed by atoms with Crippen molar-refractivity contribution in [2.24, 2.45) is 0 Å². The molecule has 1 aliphatic rings. The zero-order valence-electron chi connectivity index (χ0n) is 22.3. The SMILES string of the molecule is CCC#Cc1cn([C@H]2CC(OCSSC(C)(C)C)[C@@H](COP(=O)(O)OP(=O)(O)OP(=O)([O-])O)O2)c2ncnc(N)c12. The molecule has 0 radical (unpaired) electrons. The fourth-order valence-corrected chi connectivity index (χ4v) is 8.59. The molecule has 0 amide bonds. The Kier molecular flexibility index (Phi) is 11.6. The van der Waals surface area contributed by atoms with Crippen LogP contribution >= 0.6 is 45.1 Å². The van der Waals surface area contributed by atoms with Gasteiger partial charge in [-0.15, -0.1) is 0 Å². The minimum Gasteiger partial charge on any atom is -0.756 e. The maximum atomic E-state index is 12.3. The summed E-state index contributed by atoms with van der Waals surface area (Å²) in [7, 11) is -13.9. The molecule has 4 unspecified atom stereocenters. The molecule has 2 aromatic heterocycles. The van der Waals surface area contributed by atoms with Gasteiger partial charge in [0, 0.05) is 23.8 Å². The summed E-state index contributed by atoms with van der Waals surface area (Å²) in [6.07, 6.45) is 1.37. The molecule has 16 nitrogen and oxygen atoms in total. The first-order chi connectivity index (χ1) is 18.9. The summed E-state index contributed by atoms with van der Waals surface area (Å²) in [5, 5.41) is 0.526. The molecule has 1 fully saturated rings. The maximum absolute atomic E-state index is 12.3. The van der Waals surface area contributed by atoms with Gasteiger partial charge in [0.05, 0.1) is 23.7 Å². The molecule has 6 atom stereocenters. The number of hydrogen-bond acceptors (Lipinski definition) is 14. The molecule has 1 aliphatic heterocycles. The Morgan fingerprint density at radius 2 is 1.93 bits per heavy atom. The van der Waals surface area contributed by atoms with Gasteiger partial charge >= 0.3 is 15.6 Å². The predicted octanol–water partition coefficient (Wildman–Crippen LogP) is 3.30. The second kappa shape index (κ2) is 13.8. The number of aromatic nitrogens is 3. The van der Waals surface area contributed by atoms with E-state index < -0.39 is 48.5 Å². The van der Waals surface area contributed by atoms with Crippen LogP contribution in [0.3, 0.4) is 0 Å². The van der Waals surface area contributed by atoms with E-state index in [0.29, 0.717) is 23.0 Å². The van der Waals surface area contributed by atoms with E-state index >= 15 is 0 Å². The molecule has 41 heavy (non-hydrogen) atoms. The lowest BCUT2D eigenvalue weighted by Crippen LogP contribution is -2.29. The van der Waals surface area contributed by atoms with Crippen LogP contribution in [0.25, 0.3) is 11.0 Å².